The summed E-state index contributed by atoms with van der Waals surface area (Å²) in [6, 6.07) is 15.2. The van der Waals surface area contributed by atoms with E-state index in [0.29, 0.717) is 37.0 Å². The van der Waals surface area contributed by atoms with Crippen molar-refractivity contribution in [3.8, 4) is 0 Å². The van der Waals surface area contributed by atoms with Crippen LogP contribution >= 0.6 is 39.0 Å². The van der Waals surface area contributed by atoms with Crippen molar-refractivity contribution in [2.75, 3.05) is 31.2 Å². The molecule has 0 radical (unpaired) electrons. The van der Waals surface area contributed by atoms with Crippen LogP contribution in [0.15, 0.2) is 62.8 Å². The molecule has 1 aromatic heterocycles. The topological polar surface area (TPSA) is 88.9 Å². The van der Waals surface area contributed by atoms with Crippen LogP contribution in [0.5, 0.6) is 0 Å². The molecule has 214 valence electrons. The first kappa shape index (κ1) is 28.4. The molecule has 2 fully saturated rings. The summed E-state index contributed by atoms with van der Waals surface area (Å²) in [6.45, 7) is 8.21. The van der Waals surface area contributed by atoms with Crippen molar-refractivity contribution >= 4 is 62.4 Å². The molecule has 2 aromatic carbocycles. The predicted octanol–water partition coefficient (Wildman–Crippen LogP) is 4.62. The third kappa shape index (κ3) is 5.11. The lowest BCUT2D eigenvalue weighted by Gasteiger charge is -2.31. The molecule has 0 saturated carbocycles. The van der Waals surface area contributed by atoms with E-state index in [0.717, 1.165) is 31.8 Å². The van der Waals surface area contributed by atoms with Gasteiger partial charge in [-0.3, -0.25) is 23.7 Å². The number of imide groups is 1. The Balaban J connectivity index is 1.44. The lowest BCUT2D eigenvalue weighted by Crippen LogP contribution is -2.43. The Kier molecular flexibility index (Phi) is 7.50. The lowest BCUT2D eigenvalue weighted by molar-refractivity contribution is -0.136. The van der Waals surface area contributed by atoms with Gasteiger partial charge < -0.3 is 9.64 Å². The number of thioether (sulfide) groups is 1. The number of rotatable bonds is 4. The molecule has 4 heterocycles. The van der Waals surface area contributed by atoms with Crippen LogP contribution in [0.4, 0.5) is 5.69 Å². The summed E-state index contributed by atoms with van der Waals surface area (Å²) < 4.78 is 7.72. The van der Waals surface area contributed by atoms with Crippen LogP contribution < -0.4 is 9.77 Å². The molecule has 3 aliphatic heterocycles. The highest BCUT2D eigenvalue weighted by Crippen LogP contribution is 2.54. The molecule has 0 N–H and O–H groups in total. The van der Waals surface area contributed by atoms with Crippen LogP contribution in [0.1, 0.15) is 42.7 Å². The van der Waals surface area contributed by atoms with Crippen molar-refractivity contribution in [1.82, 2.24) is 9.47 Å². The van der Waals surface area contributed by atoms with Crippen molar-refractivity contribution in [3.05, 3.63) is 78.7 Å². The van der Waals surface area contributed by atoms with Gasteiger partial charge in [0.25, 0.3) is 0 Å². The van der Waals surface area contributed by atoms with Crippen LogP contribution in [0.3, 0.4) is 0 Å². The maximum atomic E-state index is 14.1. The minimum absolute atomic E-state index is 0.0554. The summed E-state index contributed by atoms with van der Waals surface area (Å²) in [4.78, 5) is 58.0. The molecule has 0 bridgehead atoms. The highest BCUT2D eigenvalue weighted by atomic mass is 79.9. The maximum Gasteiger partial charge on any atom is 0.308 e. The standard InChI is InChI=1S/C30H30BrN3O5S2/c1-30(2,3)18-6-4-17(5-7-18)22-23-24(27(37)34(26(23)36)20-10-8-19(31)9-11-20)40-28-25(22)41-29(38)33(28)16-21(35)32-12-14-39-15-13-32/h4-11,22-24H,12-16H2,1-3H3. The first-order valence-corrected chi connectivity index (χ1v) is 16.0. The number of carbonyl (C=O) groups is 3. The molecule has 3 amide bonds. The Labute approximate surface area is 254 Å². The third-order valence-corrected chi connectivity index (χ3v) is 11.1. The van der Waals surface area contributed by atoms with E-state index in [1.807, 2.05) is 12.1 Å². The van der Waals surface area contributed by atoms with Gasteiger partial charge in [-0.25, -0.2) is 4.90 Å². The average Bonchev–Trinajstić information content (AvgIpc) is 3.40. The molecule has 3 unspecified atom stereocenters. The number of benzene rings is 2. The van der Waals surface area contributed by atoms with E-state index in [9.17, 15) is 19.2 Å². The fourth-order valence-corrected chi connectivity index (χ4v) is 8.74. The van der Waals surface area contributed by atoms with Crippen LogP contribution in [-0.4, -0.2) is 58.7 Å². The zero-order valence-corrected chi connectivity index (χ0v) is 26.2. The Morgan fingerprint density at radius 2 is 1.63 bits per heavy atom. The number of fused-ring (bicyclic) bond motifs is 2. The molecular formula is C30H30BrN3O5S2. The molecule has 0 spiro atoms. The normalized spacial score (nSPS) is 22.6. The number of amides is 3. The van der Waals surface area contributed by atoms with E-state index in [1.165, 1.54) is 21.2 Å². The fourth-order valence-electron chi connectivity index (χ4n) is 5.70. The summed E-state index contributed by atoms with van der Waals surface area (Å²) in [5.41, 5.74) is 2.49. The minimum atomic E-state index is -0.718. The van der Waals surface area contributed by atoms with Crippen LogP contribution in [0.25, 0.3) is 0 Å². The Morgan fingerprint density at radius 3 is 2.27 bits per heavy atom. The number of aromatic nitrogens is 1. The van der Waals surface area contributed by atoms with Gasteiger partial charge in [-0.05, 0) is 40.8 Å². The van der Waals surface area contributed by atoms with Gasteiger partial charge in [0, 0.05) is 28.4 Å². The van der Waals surface area contributed by atoms with Crippen molar-refractivity contribution in [1.29, 1.82) is 0 Å². The smallest absolute Gasteiger partial charge is 0.308 e. The SMILES string of the molecule is CC(C)(C)c1ccc(C2c3sc(=O)n(CC(=O)N4CCOCC4)c3SC3C(=O)N(c4ccc(Br)cc4)C(=O)C32)cc1. The monoisotopic (exact) mass is 655 g/mol. The quantitative estimate of drug-likeness (QED) is 0.381. The first-order valence-electron chi connectivity index (χ1n) is 13.5. The summed E-state index contributed by atoms with van der Waals surface area (Å²) in [7, 11) is 0. The summed E-state index contributed by atoms with van der Waals surface area (Å²) in [5.74, 6) is -1.90. The predicted molar refractivity (Wildman–Crippen MR) is 163 cm³/mol. The highest BCUT2D eigenvalue weighted by molar-refractivity contribution is 9.10. The number of anilines is 1. The molecule has 0 aliphatic carbocycles. The van der Waals surface area contributed by atoms with Crippen molar-refractivity contribution in [2.45, 2.75) is 48.9 Å². The number of hydrogen-bond donors (Lipinski definition) is 0. The number of carbonyl (C=O) groups excluding carboxylic acids is 3. The Morgan fingerprint density at radius 1 is 0.976 bits per heavy atom. The number of halogens is 1. The second kappa shape index (κ2) is 10.8. The molecule has 3 atom stereocenters. The van der Waals surface area contributed by atoms with E-state index in [-0.39, 0.29) is 34.6 Å². The number of nitrogens with zero attached hydrogens (tertiary/aromatic N) is 3. The maximum absolute atomic E-state index is 14.1. The minimum Gasteiger partial charge on any atom is -0.378 e. The second-order valence-electron chi connectivity index (χ2n) is 11.5. The van der Waals surface area contributed by atoms with E-state index in [2.05, 4.69) is 48.8 Å². The molecular weight excluding hydrogens is 626 g/mol. The highest BCUT2D eigenvalue weighted by Gasteiger charge is 2.56. The molecule has 3 aliphatic rings. The van der Waals surface area contributed by atoms with E-state index in [1.54, 1.807) is 29.2 Å². The van der Waals surface area contributed by atoms with Gasteiger partial charge in [-0.15, -0.1) is 0 Å². The Hall–Kier alpha value is -2.73. The number of morpholine rings is 1. The van der Waals surface area contributed by atoms with Crippen LogP contribution in [-0.2, 0) is 31.1 Å². The van der Waals surface area contributed by atoms with Gasteiger partial charge in [0.1, 0.15) is 11.8 Å². The molecule has 41 heavy (non-hydrogen) atoms. The number of hydrogen-bond acceptors (Lipinski definition) is 7. The van der Waals surface area contributed by atoms with Gasteiger partial charge >= 0.3 is 4.87 Å². The number of ether oxygens (including phenoxy) is 1. The molecule has 11 heteroatoms. The largest absolute Gasteiger partial charge is 0.378 e. The van der Waals surface area contributed by atoms with Gasteiger partial charge in [0.2, 0.25) is 17.7 Å². The fraction of sp³-hybridized carbons (Fsp3) is 0.400. The molecule has 2 saturated heterocycles. The zero-order valence-electron chi connectivity index (χ0n) is 23.0. The molecule has 8 nitrogen and oxygen atoms in total. The zero-order chi connectivity index (χ0) is 29.1. The van der Waals surface area contributed by atoms with Gasteiger partial charge in [-0.2, -0.15) is 0 Å². The lowest BCUT2D eigenvalue weighted by atomic mass is 9.81. The number of thiazole rings is 1. The van der Waals surface area contributed by atoms with E-state index >= 15 is 0 Å². The van der Waals surface area contributed by atoms with Crippen LogP contribution in [0, 0.1) is 5.92 Å². The van der Waals surface area contributed by atoms with Crippen molar-refractivity contribution in [3.63, 3.8) is 0 Å². The molecule has 3 aromatic rings. The average molecular weight is 657 g/mol. The first-order chi connectivity index (χ1) is 19.5. The van der Waals surface area contributed by atoms with Crippen molar-refractivity contribution < 1.29 is 19.1 Å². The third-order valence-electron chi connectivity index (χ3n) is 7.93. The van der Waals surface area contributed by atoms with Crippen LogP contribution in [0.2, 0.25) is 0 Å². The summed E-state index contributed by atoms with van der Waals surface area (Å²) in [5, 5.41) is -0.115. The van der Waals surface area contributed by atoms with Gasteiger partial charge in [-0.1, -0.05) is 84.1 Å². The summed E-state index contributed by atoms with van der Waals surface area (Å²) in [6.07, 6.45) is 0. The van der Waals surface area contributed by atoms with E-state index < -0.39 is 17.1 Å². The second-order valence-corrected chi connectivity index (χ2v) is 14.6. The van der Waals surface area contributed by atoms with Gasteiger partial charge in [0.05, 0.1) is 29.8 Å². The summed E-state index contributed by atoms with van der Waals surface area (Å²) >= 11 is 5.73. The van der Waals surface area contributed by atoms with Crippen molar-refractivity contribution in [2.24, 2.45) is 5.92 Å². The molecule has 6 rings (SSSR count). The van der Waals surface area contributed by atoms with Gasteiger partial charge in [0.15, 0.2) is 0 Å². The van der Waals surface area contributed by atoms with E-state index in [4.69, 9.17) is 4.74 Å². The Bertz CT molecular complexity index is 1570.